The highest BCUT2D eigenvalue weighted by molar-refractivity contribution is 14.0. The number of hydrogen-bond donors (Lipinski definition) is 2. The van der Waals surface area contributed by atoms with E-state index in [2.05, 4.69) is 15.6 Å². The van der Waals surface area contributed by atoms with Gasteiger partial charge in [0.25, 0.3) is 0 Å². The van der Waals surface area contributed by atoms with Crippen molar-refractivity contribution >= 4 is 29.9 Å². The summed E-state index contributed by atoms with van der Waals surface area (Å²) >= 11 is 0. The predicted molar refractivity (Wildman–Crippen MR) is 110 cm³/mol. The second-order valence-corrected chi connectivity index (χ2v) is 6.78. The third kappa shape index (κ3) is 10.7. The van der Waals surface area contributed by atoms with E-state index < -0.39 is 0 Å². The fourth-order valence-electron chi connectivity index (χ4n) is 2.94. The molecule has 2 fully saturated rings. The summed E-state index contributed by atoms with van der Waals surface area (Å²) in [4.78, 5) is 4.24. The van der Waals surface area contributed by atoms with Crippen molar-refractivity contribution in [1.82, 2.24) is 10.6 Å². The molecule has 0 heterocycles. The van der Waals surface area contributed by atoms with Gasteiger partial charge < -0.3 is 20.1 Å². The first-order chi connectivity index (χ1) is 11.4. The first kappa shape index (κ1) is 22.0. The molecule has 6 heteroatoms. The Bertz CT molecular complexity index is 330. The Morgan fingerprint density at radius 1 is 0.958 bits per heavy atom. The number of aliphatic imine (C=N–C) groups is 1. The van der Waals surface area contributed by atoms with Crippen molar-refractivity contribution in [2.75, 3.05) is 40.0 Å². The molecule has 0 radical (unpaired) electrons. The van der Waals surface area contributed by atoms with Crippen LogP contribution in [0.1, 0.15) is 57.8 Å². The van der Waals surface area contributed by atoms with Crippen LogP contribution in [-0.2, 0) is 9.47 Å². The van der Waals surface area contributed by atoms with Gasteiger partial charge in [-0.25, -0.2) is 0 Å². The van der Waals surface area contributed by atoms with Crippen molar-refractivity contribution in [3.05, 3.63) is 0 Å². The molecule has 142 valence electrons. The van der Waals surface area contributed by atoms with Gasteiger partial charge in [-0.2, -0.15) is 0 Å². The van der Waals surface area contributed by atoms with Crippen LogP contribution in [0.3, 0.4) is 0 Å². The van der Waals surface area contributed by atoms with Crippen LogP contribution in [0.25, 0.3) is 0 Å². The Kier molecular flexibility index (Phi) is 12.9. The van der Waals surface area contributed by atoms with Crippen LogP contribution in [0, 0.1) is 5.92 Å². The monoisotopic (exact) mass is 453 g/mol. The van der Waals surface area contributed by atoms with Gasteiger partial charge in [0.1, 0.15) is 0 Å². The van der Waals surface area contributed by atoms with E-state index in [-0.39, 0.29) is 24.0 Å². The molecule has 2 N–H and O–H groups in total. The highest BCUT2D eigenvalue weighted by Crippen LogP contribution is 2.28. The van der Waals surface area contributed by atoms with Crippen molar-refractivity contribution in [1.29, 1.82) is 0 Å². The van der Waals surface area contributed by atoms with Crippen LogP contribution in [-0.4, -0.2) is 52.0 Å². The standard InChI is InChI=1S/C18H35N3O2.HI/c1-19-18(20-11-6-13-22-15-16-9-10-16)21-12-14-23-17-7-4-2-3-5-8-17;/h16-17H,2-15H2,1H3,(H2,19,20,21);1H. The van der Waals surface area contributed by atoms with Gasteiger partial charge in [-0.3, -0.25) is 4.99 Å². The number of ether oxygens (including phenoxy) is 2. The first-order valence-electron chi connectivity index (χ1n) is 9.52. The van der Waals surface area contributed by atoms with Gasteiger partial charge in [0.05, 0.1) is 12.7 Å². The first-order valence-corrected chi connectivity index (χ1v) is 9.52. The van der Waals surface area contributed by atoms with Gasteiger partial charge in [0, 0.05) is 33.4 Å². The van der Waals surface area contributed by atoms with Crippen molar-refractivity contribution in [3.63, 3.8) is 0 Å². The lowest BCUT2D eigenvalue weighted by atomic mass is 10.1. The minimum Gasteiger partial charge on any atom is -0.381 e. The molecule has 24 heavy (non-hydrogen) atoms. The Balaban J connectivity index is 0.00000288. The Morgan fingerprint density at radius 2 is 1.67 bits per heavy atom. The molecule has 2 saturated carbocycles. The SMILES string of the molecule is CN=C(NCCCOCC1CC1)NCCOC1CCCCCC1.I. The molecule has 0 saturated heterocycles. The molecule has 0 aromatic heterocycles. The molecular formula is C18H36IN3O2. The second-order valence-electron chi connectivity index (χ2n) is 6.78. The zero-order valence-corrected chi connectivity index (χ0v) is 17.6. The topological polar surface area (TPSA) is 54.9 Å². The highest BCUT2D eigenvalue weighted by atomic mass is 127. The van der Waals surface area contributed by atoms with Gasteiger partial charge >= 0.3 is 0 Å². The van der Waals surface area contributed by atoms with E-state index in [1.165, 1.54) is 51.4 Å². The summed E-state index contributed by atoms with van der Waals surface area (Å²) < 4.78 is 11.6. The summed E-state index contributed by atoms with van der Waals surface area (Å²) in [6.45, 7) is 4.26. The maximum absolute atomic E-state index is 5.98. The predicted octanol–water partition coefficient (Wildman–Crippen LogP) is 3.33. The molecule has 2 aliphatic carbocycles. The van der Waals surface area contributed by atoms with E-state index in [4.69, 9.17) is 9.47 Å². The summed E-state index contributed by atoms with van der Waals surface area (Å²) in [6, 6.07) is 0. The van der Waals surface area contributed by atoms with Gasteiger partial charge in [-0.15, -0.1) is 24.0 Å². The third-order valence-electron chi connectivity index (χ3n) is 4.58. The van der Waals surface area contributed by atoms with Crippen LogP contribution in [0.15, 0.2) is 4.99 Å². The van der Waals surface area contributed by atoms with E-state index in [1.54, 1.807) is 0 Å². The van der Waals surface area contributed by atoms with Crippen LogP contribution >= 0.6 is 24.0 Å². The lowest BCUT2D eigenvalue weighted by Gasteiger charge is -2.16. The average Bonchev–Trinajstić information content (AvgIpc) is 3.40. The van der Waals surface area contributed by atoms with Crippen LogP contribution in [0.2, 0.25) is 0 Å². The number of hydrogen-bond acceptors (Lipinski definition) is 3. The van der Waals surface area contributed by atoms with E-state index in [0.717, 1.165) is 51.2 Å². The lowest BCUT2D eigenvalue weighted by Crippen LogP contribution is -2.40. The largest absolute Gasteiger partial charge is 0.381 e. The third-order valence-corrected chi connectivity index (χ3v) is 4.58. The molecule has 0 unspecified atom stereocenters. The molecule has 0 aromatic carbocycles. The number of guanidine groups is 1. The molecule has 0 aliphatic heterocycles. The molecule has 2 rings (SSSR count). The van der Waals surface area contributed by atoms with E-state index >= 15 is 0 Å². The van der Waals surface area contributed by atoms with Gasteiger partial charge in [0.2, 0.25) is 0 Å². The summed E-state index contributed by atoms with van der Waals surface area (Å²) in [5.74, 6) is 1.71. The van der Waals surface area contributed by atoms with Crippen molar-refractivity contribution in [3.8, 4) is 0 Å². The van der Waals surface area contributed by atoms with Crippen LogP contribution < -0.4 is 10.6 Å². The average molecular weight is 453 g/mol. The summed E-state index contributed by atoms with van der Waals surface area (Å²) in [5, 5.41) is 6.64. The molecule has 0 bridgehead atoms. The van der Waals surface area contributed by atoms with Gasteiger partial charge in [0.15, 0.2) is 5.96 Å². The number of nitrogens with zero attached hydrogens (tertiary/aromatic N) is 1. The quantitative estimate of drug-likeness (QED) is 0.175. The molecule has 0 amide bonds. The smallest absolute Gasteiger partial charge is 0.191 e. The number of halogens is 1. The molecule has 5 nitrogen and oxygen atoms in total. The molecule has 0 aromatic rings. The minimum absolute atomic E-state index is 0. The maximum atomic E-state index is 5.98. The second kappa shape index (κ2) is 14.1. The highest BCUT2D eigenvalue weighted by Gasteiger charge is 2.20. The van der Waals surface area contributed by atoms with Crippen LogP contribution in [0.4, 0.5) is 0 Å². The van der Waals surface area contributed by atoms with E-state index in [9.17, 15) is 0 Å². The lowest BCUT2D eigenvalue weighted by molar-refractivity contribution is 0.0468. The fourth-order valence-corrected chi connectivity index (χ4v) is 2.94. The number of nitrogens with one attached hydrogen (secondary N) is 2. The van der Waals surface area contributed by atoms with E-state index in [1.807, 2.05) is 7.05 Å². The maximum Gasteiger partial charge on any atom is 0.191 e. The van der Waals surface area contributed by atoms with Crippen molar-refractivity contribution in [2.45, 2.75) is 63.9 Å². The summed E-state index contributed by atoms with van der Waals surface area (Å²) in [5.41, 5.74) is 0. The number of rotatable bonds is 10. The summed E-state index contributed by atoms with van der Waals surface area (Å²) in [6.07, 6.45) is 12.1. The zero-order valence-electron chi connectivity index (χ0n) is 15.2. The minimum atomic E-state index is 0. The Hall–Kier alpha value is -0.0800. The fraction of sp³-hybridized carbons (Fsp3) is 0.944. The van der Waals surface area contributed by atoms with E-state index in [0.29, 0.717) is 6.10 Å². The van der Waals surface area contributed by atoms with Gasteiger partial charge in [-0.05, 0) is 38.0 Å². The molecular weight excluding hydrogens is 417 g/mol. The van der Waals surface area contributed by atoms with Gasteiger partial charge in [-0.1, -0.05) is 25.7 Å². The van der Waals surface area contributed by atoms with Crippen LogP contribution in [0.5, 0.6) is 0 Å². The van der Waals surface area contributed by atoms with Crippen molar-refractivity contribution in [2.24, 2.45) is 10.9 Å². The Morgan fingerprint density at radius 3 is 2.33 bits per heavy atom. The molecule has 0 atom stereocenters. The van der Waals surface area contributed by atoms with Crippen molar-refractivity contribution < 1.29 is 9.47 Å². The molecule has 0 spiro atoms. The summed E-state index contributed by atoms with van der Waals surface area (Å²) in [7, 11) is 1.81. The molecule has 2 aliphatic rings. The zero-order chi connectivity index (χ0) is 16.2. The Labute approximate surface area is 164 Å². The normalized spacial score (nSPS) is 19.5.